The van der Waals surface area contributed by atoms with Crippen molar-refractivity contribution < 1.29 is 9.21 Å². The molecule has 0 aliphatic carbocycles. The van der Waals surface area contributed by atoms with E-state index in [1.807, 2.05) is 37.3 Å². The molecule has 0 bridgehead atoms. The summed E-state index contributed by atoms with van der Waals surface area (Å²) in [6.45, 7) is 1.97. The van der Waals surface area contributed by atoms with Crippen LogP contribution in [0.3, 0.4) is 0 Å². The summed E-state index contributed by atoms with van der Waals surface area (Å²) in [5.74, 6) is 0.556. The van der Waals surface area contributed by atoms with Crippen molar-refractivity contribution in [2.45, 2.75) is 19.8 Å². The standard InChI is InChI=1S/C16H14N2O2/c1-2-6-14(19)12-9-10-13-16(17-12)20-15(18-13)11-7-4-3-5-8-11/h3-5,7-10H,2,6H2,1H3. The van der Waals surface area contributed by atoms with Gasteiger partial charge in [0, 0.05) is 12.0 Å². The zero-order valence-corrected chi connectivity index (χ0v) is 11.2. The number of benzene rings is 1. The normalized spacial score (nSPS) is 10.8. The van der Waals surface area contributed by atoms with Crippen LogP contribution >= 0.6 is 0 Å². The summed E-state index contributed by atoms with van der Waals surface area (Å²) in [6.07, 6.45) is 1.31. The number of oxazole rings is 1. The van der Waals surface area contributed by atoms with Crippen molar-refractivity contribution in [3.63, 3.8) is 0 Å². The van der Waals surface area contributed by atoms with Crippen LogP contribution in [0.1, 0.15) is 30.3 Å². The Kier molecular flexibility index (Phi) is 3.29. The Balaban J connectivity index is 2.02. The van der Waals surface area contributed by atoms with Gasteiger partial charge in [-0.1, -0.05) is 25.1 Å². The highest BCUT2D eigenvalue weighted by Gasteiger charge is 2.12. The van der Waals surface area contributed by atoms with E-state index >= 15 is 0 Å². The minimum absolute atomic E-state index is 0.0343. The van der Waals surface area contributed by atoms with Gasteiger partial charge in [0.05, 0.1) is 0 Å². The summed E-state index contributed by atoms with van der Waals surface area (Å²) < 4.78 is 5.65. The number of nitrogens with zero attached hydrogens (tertiary/aromatic N) is 2. The molecule has 3 aromatic rings. The molecular formula is C16H14N2O2. The monoisotopic (exact) mass is 266 g/mol. The summed E-state index contributed by atoms with van der Waals surface area (Å²) in [6, 6.07) is 13.1. The fourth-order valence-corrected chi connectivity index (χ4v) is 2.03. The van der Waals surface area contributed by atoms with Crippen LogP contribution < -0.4 is 0 Å². The van der Waals surface area contributed by atoms with Crippen LogP contribution in [0.15, 0.2) is 46.9 Å². The van der Waals surface area contributed by atoms with Crippen LogP contribution in [-0.2, 0) is 0 Å². The molecular weight excluding hydrogens is 252 g/mol. The van der Waals surface area contributed by atoms with Gasteiger partial charge in [0.1, 0.15) is 11.2 Å². The first-order valence-electron chi connectivity index (χ1n) is 6.64. The molecule has 0 saturated carbocycles. The SMILES string of the molecule is CCCC(=O)c1ccc2nc(-c3ccccc3)oc2n1. The zero-order valence-electron chi connectivity index (χ0n) is 11.2. The molecule has 3 rings (SSSR count). The number of carbonyl (C=O) groups is 1. The summed E-state index contributed by atoms with van der Waals surface area (Å²) in [7, 11) is 0. The lowest BCUT2D eigenvalue weighted by atomic mass is 10.1. The number of aromatic nitrogens is 2. The molecule has 2 heterocycles. The van der Waals surface area contributed by atoms with Crippen molar-refractivity contribution in [1.82, 2.24) is 9.97 Å². The first-order valence-corrected chi connectivity index (χ1v) is 6.64. The summed E-state index contributed by atoms with van der Waals surface area (Å²) in [5, 5.41) is 0. The third-order valence-corrected chi connectivity index (χ3v) is 3.04. The Morgan fingerprint density at radius 2 is 1.90 bits per heavy atom. The molecule has 0 spiro atoms. The van der Waals surface area contributed by atoms with Crippen LogP contribution in [0.2, 0.25) is 0 Å². The molecule has 0 N–H and O–H groups in total. The van der Waals surface area contributed by atoms with Crippen molar-refractivity contribution in [3.8, 4) is 11.5 Å². The maximum absolute atomic E-state index is 11.8. The van der Waals surface area contributed by atoms with Gasteiger partial charge in [0.15, 0.2) is 5.78 Å². The molecule has 100 valence electrons. The molecule has 4 nitrogen and oxygen atoms in total. The molecule has 1 aromatic carbocycles. The molecule has 4 heteroatoms. The Labute approximate surface area is 116 Å². The predicted molar refractivity (Wildman–Crippen MR) is 76.5 cm³/mol. The van der Waals surface area contributed by atoms with Gasteiger partial charge in [-0.2, -0.15) is 0 Å². The quantitative estimate of drug-likeness (QED) is 0.672. The second-order valence-electron chi connectivity index (χ2n) is 4.58. The largest absolute Gasteiger partial charge is 0.418 e. The van der Waals surface area contributed by atoms with Gasteiger partial charge in [-0.25, -0.2) is 9.97 Å². The Morgan fingerprint density at radius 3 is 2.65 bits per heavy atom. The number of hydrogen-bond donors (Lipinski definition) is 0. The van der Waals surface area contributed by atoms with E-state index in [2.05, 4.69) is 9.97 Å². The number of pyridine rings is 1. The molecule has 0 aliphatic heterocycles. The molecule has 0 radical (unpaired) electrons. The van der Waals surface area contributed by atoms with Crippen LogP contribution in [0.4, 0.5) is 0 Å². The number of Topliss-reactive ketones (excluding diaryl/α,β-unsaturated/α-hetero) is 1. The maximum atomic E-state index is 11.8. The van der Waals surface area contributed by atoms with Crippen molar-refractivity contribution in [2.24, 2.45) is 0 Å². The number of rotatable bonds is 4. The van der Waals surface area contributed by atoms with E-state index < -0.39 is 0 Å². The van der Waals surface area contributed by atoms with E-state index in [9.17, 15) is 4.79 Å². The van der Waals surface area contributed by atoms with Gasteiger partial charge in [-0.05, 0) is 30.7 Å². The summed E-state index contributed by atoms with van der Waals surface area (Å²) in [5.41, 5.74) is 2.41. The Hall–Kier alpha value is -2.49. The third-order valence-electron chi connectivity index (χ3n) is 3.04. The topological polar surface area (TPSA) is 56.0 Å². The highest BCUT2D eigenvalue weighted by Crippen LogP contribution is 2.23. The van der Waals surface area contributed by atoms with Gasteiger partial charge >= 0.3 is 0 Å². The smallest absolute Gasteiger partial charge is 0.248 e. The lowest BCUT2D eigenvalue weighted by Crippen LogP contribution is -2.00. The van der Waals surface area contributed by atoms with Crippen LogP contribution in [-0.4, -0.2) is 15.8 Å². The lowest BCUT2D eigenvalue weighted by Gasteiger charge is -1.96. The molecule has 0 aliphatic rings. The van der Waals surface area contributed by atoms with E-state index in [0.717, 1.165) is 12.0 Å². The number of ketones is 1. The second-order valence-corrected chi connectivity index (χ2v) is 4.58. The molecule has 0 fully saturated rings. The van der Waals surface area contributed by atoms with E-state index in [4.69, 9.17) is 4.42 Å². The van der Waals surface area contributed by atoms with Gasteiger partial charge in [-0.3, -0.25) is 4.79 Å². The minimum Gasteiger partial charge on any atom is -0.418 e. The highest BCUT2D eigenvalue weighted by molar-refractivity contribution is 5.95. The molecule has 0 amide bonds. The summed E-state index contributed by atoms with van der Waals surface area (Å²) >= 11 is 0. The molecule has 2 aromatic heterocycles. The first-order chi connectivity index (χ1) is 9.78. The second kappa shape index (κ2) is 5.25. The predicted octanol–water partition coefficient (Wildman–Crippen LogP) is 3.87. The van der Waals surface area contributed by atoms with E-state index in [0.29, 0.717) is 29.2 Å². The Bertz CT molecular complexity index is 748. The lowest BCUT2D eigenvalue weighted by molar-refractivity contribution is 0.0977. The van der Waals surface area contributed by atoms with Crippen LogP contribution in [0.25, 0.3) is 22.7 Å². The zero-order chi connectivity index (χ0) is 13.9. The fourth-order valence-electron chi connectivity index (χ4n) is 2.03. The average molecular weight is 266 g/mol. The van der Waals surface area contributed by atoms with Crippen LogP contribution in [0, 0.1) is 0 Å². The third kappa shape index (κ3) is 2.32. The molecule has 0 unspecified atom stereocenters. The van der Waals surface area contributed by atoms with Crippen molar-refractivity contribution in [2.75, 3.05) is 0 Å². The number of fused-ring (bicyclic) bond motifs is 1. The van der Waals surface area contributed by atoms with Crippen molar-refractivity contribution >= 4 is 17.0 Å². The first kappa shape index (κ1) is 12.5. The fraction of sp³-hybridized carbons (Fsp3) is 0.188. The minimum atomic E-state index is 0.0343. The number of hydrogen-bond acceptors (Lipinski definition) is 4. The molecule has 20 heavy (non-hydrogen) atoms. The van der Waals surface area contributed by atoms with Gasteiger partial charge in [0.25, 0.3) is 0 Å². The average Bonchev–Trinajstić information content (AvgIpc) is 2.91. The van der Waals surface area contributed by atoms with Gasteiger partial charge in [0.2, 0.25) is 11.6 Å². The molecule has 0 atom stereocenters. The number of carbonyl (C=O) groups excluding carboxylic acids is 1. The maximum Gasteiger partial charge on any atom is 0.248 e. The van der Waals surface area contributed by atoms with Gasteiger partial charge < -0.3 is 4.42 Å². The summed E-state index contributed by atoms with van der Waals surface area (Å²) in [4.78, 5) is 20.5. The van der Waals surface area contributed by atoms with Crippen LogP contribution in [0.5, 0.6) is 0 Å². The van der Waals surface area contributed by atoms with Gasteiger partial charge in [-0.15, -0.1) is 0 Å². The van der Waals surface area contributed by atoms with Crippen molar-refractivity contribution in [1.29, 1.82) is 0 Å². The van der Waals surface area contributed by atoms with E-state index in [-0.39, 0.29) is 5.78 Å². The Morgan fingerprint density at radius 1 is 1.10 bits per heavy atom. The van der Waals surface area contributed by atoms with E-state index in [1.165, 1.54) is 0 Å². The van der Waals surface area contributed by atoms with Crippen molar-refractivity contribution in [3.05, 3.63) is 48.2 Å². The molecule has 0 saturated heterocycles. The highest BCUT2D eigenvalue weighted by atomic mass is 16.4. The van der Waals surface area contributed by atoms with E-state index in [1.54, 1.807) is 12.1 Å².